The van der Waals surface area contributed by atoms with Crippen molar-refractivity contribution >= 4 is 0 Å². The van der Waals surface area contributed by atoms with Crippen molar-refractivity contribution in [2.75, 3.05) is 7.11 Å². The van der Waals surface area contributed by atoms with Gasteiger partial charge in [-0.2, -0.15) is 0 Å². The molecule has 76 valence electrons. The van der Waals surface area contributed by atoms with Crippen LogP contribution in [-0.2, 0) is 0 Å². The summed E-state index contributed by atoms with van der Waals surface area (Å²) in [5, 5.41) is 3.57. The molecule has 2 heteroatoms. The van der Waals surface area contributed by atoms with E-state index in [-0.39, 0.29) is 0 Å². The Balaban J connectivity index is 2.09. The molecule has 0 spiro atoms. The molecule has 2 nitrogen and oxygen atoms in total. The van der Waals surface area contributed by atoms with Crippen LogP contribution in [0.1, 0.15) is 31.4 Å². The van der Waals surface area contributed by atoms with Gasteiger partial charge in [0.2, 0.25) is 0 Å². The van der Waals surface area contributed by atoms with Crippen molar-refractivity contribution in [3.63, 3.8) is 0 Å². The minimum Gasteiger partial charge on any atom is -0.497 e. The SMILES string of the molecule is COc1ccc(C2CCC(C)N2)cc1. The molecule has 14 heavy (non-hydrogen) atoms. The Hall–Kier alpha value is -1.02. The van der Waals surface area contributed by atoms with Gasteiger partial charge in [-0.1, -0.05) is 12.1 Å². The molecule has 1 N–H and O–H groups in total. The van der Waals surface area contributed by atoms with Crippen LogP contribution in [0.2, 0.25) is 0 Å². The fourth-order valence-corrected chi connectivity index (χ4v) is 2.03. The van der Waals surface area contributed by atoms with Gasteiger partial charge < -0.3 is 10.1 Å². The minimum atomic E-state index is 0.538. The van der Waals surface area contributed by atoms with E-state index >= 15 is 0 Å². The molecule has 0 aromatic heterocycles. The number of methoxy groups -OCH3 is 1. The summed E-state index contributed by atoms with van der Waals surface area (Å²) in [6, 6.07) is 9.54. The summed E-state index contributed by atoms with van der Waals surface area (Å²) in [5.41, 5.74) is 1.37. The van der Waals surface area contributed by atoms with Crippen molar-refractivity contribution in [2.45, 2.75) is 31.8 Å². The number of ether oxygens (including phenoxy) is 1. The van der Waals surface area contributed by atoms with E-state index in [4.69, 9.17) is 4.74 Å². The Morgan fingerprint density at radius 2 is 1.93 bits per heavy atom. The maximum absolute atomic E-state index is 5.13. The van der Waals surface area contributed by atoms with E-state index in [1.165, 1.54) is 18.4 Å². The van der Waals surface area contributed by atoms with Crippen LogP contribution in [0.5, 0.6) is 5.75 Å². The lowest BCUT2D eigenvalue weighted by atomic mass is 10.1. The predicted molar refractivity (Wildman–Crippen MR) is 57.6 cm³/mol. The molecule has 1 aromatic carbocycles. The predicted octanol–water partition coefficient (Wildman–Crippen LogP) is 2.51. The standard InChI is InChI=1S/C12H17NO/c1-9-3-8-12(13-9)10-4-6-11(14-2)7-5-10/h4-7,9,12-13H,3,8H2,1-2H3. The number of rotatable bonds is 2. The van der Waals surface area contributed by atoms with Crippen LogP contribution < -0.4 is 10.1 Å². The highest BCUT2D eigenvalue weighted by Gasteiger charge is 2.21. The zero-order chi connectivity index (χ0) is 9.97. The number of nitrogens with one attached hydrogen (secondary N) is 1. The lowest BCUT2D eigenvalue weighted by Gasteiger charge is -2.12. The van der Waals surface area contributed by atoms with Gasteiger partial charge in [-0.05, 0) is 37.5 Å². The molecule has 0 radical (unpaired) electrons. The molecular weight excluding hydrogens is 174 g/mol. The maximum atomic E-state index is 5.13. The van der Waals surface area contributed by atoms with Crippen LogP contribution in [0, 0.1) is 0 Å². The largest absolute Gasteiger partial charge is 0.497 e. The van der Waals surface area contributed by atoms with Gasteiger partial charge in [-0.3, -0.25) is 0 Å². The monoisotopic (exact) mass is 191 g/mol. The van der Waals surface area contributed by atoms with E-state index < -0.39 is 0 Å². The molecule has 2 atom stereocenters. The molecule has 2 rings (SSSR count). The molecule has 0 amide bonds. The Labute approximate surface area is 85.3 Å². The maximum Gasteiger partial charge on any atom is 0.118 e. The van der Waals surface area contributed by atoms with Crippen molar-refractivity contribution in [2.24, 2.45) is 0 Å². The Kier molecular flexibility index (Phi) is 2.73. The summed E-state index contributed by atoms with van der Waals surface area (Å²) >= 11 is 0. The van der Waals surface area contributed by atoms with Crippen LogP contribution in [0.4, 0.5) is 0 Å². The number of hydrogen-bond donors (Lipinski definition) is 1. The summed E-state index contributed by atoms with van der Waals surface area (Å²) in [5.74, 6) is 0.930. The minimum absolute atomic E-state index is 0.538. The Morgan fingerprint density at radius 3 is 2.43 bits per heavy atom. The normalized spacial score (nSPS) is 26.4. The Bertz CT molecular complexity index is 294. The first-order valence-electron chi connectivity index (χ1n) is 5.19. The summed E-state index contributed by atoms with van der Waals surface area (Å²) in [6.07, 6.45) is 2.52. The van der Waals surface area contributed by atoms with Crippen molar-refractivity contribution in [1.29, 1.82) is 0 Å². The van der Waals surface area contributed by atoms with E-state index in [2.05, 4.69) is 24.4 Å². The summed E-state index contributed by atoms with van der Waals surface area (Å²) in [4.78, 5) is 0. The van der Waals surface area contributed by atoms with E-state index in [9.17, 15) is 0 Å². The van der Waals surface area contributed by atoms with Crippen molar-refractivity contribution in [1.82, 2.24) is 5.32 Å². The first-order chi connectivity index (χ1) is 6.79. The van der Waals surface area contributed by atoms with E-state index in [1.807, 2.05) is 12.1 Å². The average Bonchev–Trinajstić information content (AvgIpc) is 2.65. The van der Waals surface area contributed by atoms with Crippen molar-refractivity contribution in [3.8, 4) is 5.75 Å². The van der Waals surface area contributed by atoms with Gasteiger partial charge in [-0.15, -0.1) is 0 Å². The van der Waals surface area contributed by atoms with Crippen LogP contribution in [0.3, 0.4) is 0 Å². The zero-order valence-electron chi connectivity index (χ0n) is 8.79. The van der Waals surface area contributed by atoms with Crippen LogP contribution in [-0.4, -0.2) is 13.2 Å². The summed E-state index contributed by atoms with van der Waals surface area (Å²) in [7, 11) is 1.70. The first-order valence-corrected chi connectivity index (χ1v) is 5.19. The van der Waals surface area contributed by atoms with E-state index in [1.54, 1.807) is 7.11 Å². The van der Waals surface area contributed by atoms with Crippen molar-refractivity contribution in [3.05, 3.63) is 29.8 Å². The molecule has 2 unspecified atom stereocenters. The third-order valence-corrected chi connectivity index (χ3v) is 2.89. The summed E-state index contributed by atoms with van der Waals surface area (Å²) < 4.78 is 5.13. The van der Waals surface area contributed by atoms with Gasteiger partial charge >= 0.3 is 0 Å². The second-order valence-corrected chi connectivity index (χ2v) is 3.97. The molecule has 1 aliphatic rings. The van der Waals surface area contributed by atoms with Crippen molar-refractivity contribution < 1.29 is 4.74 Å². The van der Waals surface area contributed by atoms with Gasteiger partial charge in [-0.25, -0.2) is 0 Å². The molecular formula is C12H17NO. The van der Waals surface area contributed by atoms with E-state index in [0.717, 1.165) is 5.75 Å². The second kappa shape index (κ2) is 4.01. The van der Waals surface area contributed by atoms with Crippen LogP contribution >= 0.6 is 0 Å². The molecule has 0 bridgehead atoms. The molecule has 0 aliphatic carbocycles. The molecule has 0 saturated carbocycles. The fraction of sp³-hybridized carbons (Fsp3) is 0.500. The van der Waals surface area contributed by atoms with Gasteiger partial charge in [0, 0.05) is 12.1 Å². The third-order valence-electron chi connectivity index (χ3n) is 2.89. The molecule has 1 fully saturated rings. The quantitative estimate of drug-likeness (QED) is 0.775. The molecule has 1 saturated heterocycles. The smallest absolute Gasteiger partial charge is 0.118 e. The molecule has 1 aromatic rings. The fourth-order valence-electron chi connectivity index (χ4n) is 2.03. The van der Waals surface area contributed by atoms with Gasteiger partial charge in [0.1, 0.15) is 5.75 Å². The lowest BCUT2D eigenvalue weighted by Crippen LogP contribution is -2.20. The van der Waals surface area contributed by atoms with Crippen LogP contribution in [0.25, 0.3) is 0 Å². The van der Waals surface area contributed by atoms with Crippen LogP contribution in [0.15, 0.2) is 24.3 Å². The zero-order valence-corrected chi connectivity index (χ0v) is 8.79. The number of hydrogen-bond acceptors (Lipinski definition) is 2. The van der Waals surface area contributed by atoms with Gasteiger partial charge in [0.25, 0.3) is 0 Å². The second-order valence-electron chi connectivity index (χ2n) is 3.97. The average molecular weight is 191 g/mol. The number of benzene rings is 1. The third kappa shape index (κ3) is 1.90. The Morgan fingerprint density at radius 1 is 1.21 bits per heavy atom. The lowest BCUT2D eigenvalue weighted by molar-refractivity contribution is 0.414. The molecule has 1 heterocycles. The summed E-state index contributed by atoms with van der Waals surface area (Å²) in [6.45, 7) is 2.24. The highest BCUT2D eigenvalue weighted by atomic mass is 16.5. The highest BCUT2D eigenvalue weighted by molar-refractivity contribution is 5.29. The van der Waals surface area contributed by atoms with Gasteiger partial charge in [0.05, 0.1) is 7.11 Å². The van der Waals surface area contributed by atoms with Gasteiger partial charge in [0.15, 0.2) is 0 Å². The van der Waals surface area contributed by atoms with E-state index in [0.29, 0.717) is 12.1 Å². The topological polar surface area (TPSA) is 21.3 Å². The first kappa shape index (κ1) is 9.53. The highest BCUT2D eigenvalue weighted by Crippen LogP contribution is 2.27. The molecule has 1 aliphatic heterocycles.